The molecule has 63 heavy (non-hydrogen) atoms. The number of aliphatic hydroxyl groups excluding tert-OH is 2. The Hall–Kier alpha value is -3.37. The molecule has 19 nitrogen and oxygen atoms in total. The fourth-order valence-electron chi connectivity index (χ4n) is 9.37. The van der Waals surface area contributed by atoms with Crippen LogP contribution in [0.15, 0.2) is 22.6 Å². The van der Waals surface area contributed by atoms with E-state index in [4.69, 9.17) is 37.6 Å². The van der Waals surface area contributed by atoms with Gasteiger partial charge in [0.25, 0.3) is 0 Å². The first-order chi connectivity index (χ1) is 29.2. The van der Waals surface area contributed by atoms with E-state index in [-0.39, 0.29) is 25.0 Å². The molecule has 18 atom stereocenters. The summed E-state index contributed by atoms with van der Waals surface area (Å²) in [6.45, 7) is 15.9. The summed E-state index contributed by atoms with van der Waals surface area (Å²) in [7, 11) is 5.03. The molecular weight excluding hydrogens is 828 g/mol. The first-order valence-corrected chi connectivity index (χ1v) is 21.7. The average molecular weight is 899 g/mol. The van der Waals surface area contributed by atoms with Crippen LogP contribution in [-0.2, 0) is 47.5 Å². The molecule has 0 saturated carbocycles. The number of cyclic esters (lactones) is 1. The maximum atomic E-state index is 14.3. The summed E-state index contributed by atoms with van der Waals surface area (Å²) in [5.74, 6) is -6.89. The van der Waals surface area contributed by atoms with Gasteiger partial charge in [-0.2, -0.15) is 0 Å². The number of ketones is 1. The molecule has 358 valence electrons. The van der Waals surface area contributed by atoms with Crippen LogP contribution in [0.25, 0.3) is 6.08 Å². The fourth-order valence-corrected chi connectivity index (χ4v) is 9.37. The summed E-state index contributed by atoms with van der Waals surface area (Å²) in [5.41, 5.74) is -5.13. The van der Waals surface area contributed by atoms with Crippen LogP contribution in [0.3, 0.4) is 0 Å². The van der Waals surface area contributed by atoms with Crippen molar-refractivity contribution in [2.24, 2.45) is 23.7 Å². The predicted octanol–water partition coefficient (Wildman–Crippen LogP) is 3.55. The molecule has 19 heteroatoms. The Labute approximate surface area is 369 Å². The van der Waals surface area contributed by atoms with Crippen LogP contribution in [0.4, 0.5) is 5.88 Å². The van der Waals surface area contributed by atoms with E-state index in [0.717, 1.165) is 12.1 Å². The number of likely N-dealkylation sites (N-methyl/N-ethyl adjacent to an activating group) is 1. The topological polar surface area (TPSA) is 256 Å². The third-order valence-corrected chi connectivity index (χ3v) is 13.2. The molecule has 0 radical (unpaired) electrons. The van der Waals surface area contributed by atoms with Gasteiger partial charge in [0.05, 0.1) is 59.7 Å². The number of aliphatic hydroxyl groups is 4. The van der Waals surface area contributed by atoms with Gasteiger partial charge in [-0.05, 0) is 87.0 Å². The standard InChI is InChI=1S/C44H70N2O17/c1-14-30-44(10,53)37(49)24(4)34(48)22(2)20-42(8,52)39(25(5)35(26(6)40(51)60-30)62-33-21-43(9,56-13)38(50)27(7)58-33)63-41-36(29(45(11)12)19-23(3)57-41)61-32(47)18-16-28-15-17-31(59-28)46(54)55/h15-18,22-27,29-30,33,35-39,41,49-50,52-53H,14,19-21H2,1-13H3/b18-16+. The minimum atomic E-state index is -2.06. The molecule has 0 amide bonds. The Balaban J connectivity index is 1.84. The predicted molar refractivity (Wildman–Crippen MR) is 225 cm³/mol. The molecule has 3 aliphatic heterocycles. The molecule has 1 aromatic heterocycles. The van der Waals surface area contributed by atoms with Crippen LogP contribution >= 0.6 is 0 Å². The first kappa shape index (κ1) is 52.3. The Morgan fingerprint density at radius 3 is 2.19 bits per heavy atom. The van der Waals surface area contributed by atoms with E-state index >= 15 is 0 Å². The molecule has 3 saturated heterocycles. The van der Waals surface area contributed by atoms with Crippen LogP contribution in [0.5, 0.6) is 0 Å². The lowest BCUT2D eigenvalue weighted by Crippen LogP contribution is -2.61. The maximum absolute atomic E-state index is 14.3. The quantitative estimate of drug-likeness (QED) is 0.107. The van der Waals surface area contributed by atoms with Crippen LogP contribution in [0.2, 0.25) is 0 Å². The highest BCUT2D eigenvalue weighted by Crippen LogP contribution is 2.41. The SMILES string of the molecule is CCC1OC(=O)C(C)C(OC2CC(C)(OC)C(O)C(C)O2)C(C)C(OC2OC(C)CC(N(C)C)C2OC(=O)/C=C/c2ccc([N+](=O)[O-])o2)C(C)(O)CC(C)C(=O)C(C)C(O)C1(C)O. The molecule has 4 N–H and O–H groups in total. The van der Waals surface area contributed by atoms with E-state index in [9.17, 15) is 44.9 Å². The normalized spacial score (nSPS) is 42.5. The van der Waals surface area contributed by atoms with E-state index in [1.165, 1.54) is 40.0 Å². The molecule has 4 rings (SSSR count). The van der Waals surface area contributed by atoms with Crippen molar-refractivity contribution in [2.45, 2.75) is 179 Å². The van der Waals surface area contributed by atoms with Gasteiger partial charge in [-0.25, -0.2) is 4.79 Å². The third-order valence-electron chi connectivity index (χ3n) is 13.2. The lowest BCUT2D eigenvalue weighted by atomic mass is 9.74. The average Bonchev–Trinajstić information content (AvgIpc) is 3.70. The molecule has 0 aliphatic carbocycles. The largest absolute Gasteiger partial charge is 0.459 e. The van der Waals surface area contributed by atoms with Crippen molar-refractivity contribution in [2.75, 3.05) is 21.2 Å². The van der Waals surface area contributed by atoms with Crippen LogP contribution in [-0.4, -0.2) is 153 Å². The van der Waals surface area contributed by atoms with Crippen molar-refractivity contribution in [1.29, 1.82) is 0 Å². The summed E-state index contributed by atoms with van der Waals surface area (Å²) < 4.78 is 48.9. The Morgan fingerprint density at radius 2 is 1.62 bits per heavy atom. The van der Waals surface area contributed by atoms with Gasteiger partial charge in [-0.3, -0.25) is 19.7 Å². The van der Waals surface area contributed by atoms with Gasteiger partial charge in [0, 0.05) is 37.4 Å². The number of esters is 2. The van der Waals surface area contributed by atoms with Crippen molar-refractivity contribution >= 4 is 29.7 Å². The number of hydrogen-bond donors (Lipinski definition) is 4. The zero-order chi connectivity index (χ0) is 47.5. The van der Waals surface area contributed by atoms with Gasteiger partial charge in [0.2, 0.25) is 0 Å². The van der Waals surface area contributed by atoms with E-state index in [1.54, 1.807) is 55.6 Å². The van der Waals surface area contributed by atoms with E-state index < -0.39 is 136 Å². The number of carbonyl (C=O) groups excluding carboxylic acids is 3. The zero-order valence-corrected chi connectivity index (χ0v) is 38.8. The Kier molecular flexibility index (Phi) is 17.3. The molecule has 18 unspecified atom stereocenters. The van der Waals surface area contributed by atoms with Gasteiger partial charge in [-0.1, -0.05) is 27.7 Å². The molecule has 0 spiro atoms. The van der Waals surface area contributed by atoms with Crippen molar-refractivity contribution in [1.82, 2.24) is 4.90 Å². The Bertz CT molecular complexity index is 1760. The van der Waals surface area contributed by atoms with Crippen LogP contribution in [0.1, 0.15) is 101 Å². The van der Waals surface area contributed by atoms with Crippen LogP contribution < -0.4 is 0 Å². The van der Waals surface area contributed by atoms with Crippen molar-refractivity contribution < 1.29 is 77.3 Å². The molecule has 0 bridgehead atoms. The second-order valence-corrected chi connectivity index (χ2v) is 18.6. The third kappa shape index (κ3) is 11.9. The Morgan fingerprint density at radius 1 is 0.968 bits per heavy atom. The summed E-state index contributed by atoms with van der Waals surface area (Å²) in [5, 5.41) is 58.0. The molecule has 3 aliphatic rings. The lowest BCUT2D eigenvalue weighted by Gasteiger charge is -2.49. The number of nitro groups is 1. The number of ether oxygens (including phenoxy) is 7. The summed E-state index contributed by atoms with van der Waals surface area (Å²) in [6, 6.07) is 1.97. The number of furan rings is 1. The van der Waals surface area contributed by atoms with E-state index in [0.29, 0.717) is 6.42 Å². The second kappa shape index (κ2) is 20.9. The summed E-state index contributed by atoms with van der Waals surface area (Å²) >= 11 is 0. The highest BCUT2D eigenvalue weighted by atomic mass is 16.7. The first-order valence-electron chi connectivity index (χ1n) is 21.7. The molecule has 0 aromatic carbocycles. The van der Waals surface area contributed by atoms with Gasteiger partial charge in [0.1, 0.15) is 34.3 Å². The second-order valence-electron chi connectivity index (χ2n) is 18.6. The molecule has 3 fully saturated rings. The monoisotopic (exact) mass is 898 g/mol. The van der Waals surface area contributed by atoms with Crippen LogP contribution in [0, 0.1) is 33.8 Å². The number of hydrogen-bond acceptors (Lipinski definition) is 18. The van der Waals surface area contributed by atoms with Crippen molar-refractivity contribution in [3.05, 3.63) is 34.1 Å². The molecular formula is C44H70N2O17. The van der Waals surface area contributed by atoms with Gasteiger partial charge < -0.3 is 62.9 Å². The van der Waals surface area contributed by atoms with E-state index in [2.05, 4.69) is 0 Å². The minimum absolute atomic E-state index is 0.0223. The van der Waals surface area contributed by atoms with E-state index in [1.807, 2.05) is 11.8 Å². The number of methoxy groups -OCH3 is 1. The number of nitrogens with zero attached hydrogens (tertiary/aromatic N) is 2. The summed E-state index contributed by atoms with van der Waals surface area (Å²) in [6.07, 6.45) is -8.86. The van der Waals surface area contributed by atoms with Gasteiger partial charge in [-0.15, -0.1) is 0 Å². The van der Waals surface area contributed by atoms with Crippen molar-refractivity contribution in [3.63, 3.8) is 0 Å². The van der Waals surface area contributed by atoms with Gasteiger partial charge in [0.15, 0.2) is 18.7 Å². The minimum Gasteiger partial charge on any atom is -0.459 e. The smallest absolute Gasteiger partial charge is 0.433 e. The number of rotatable bonds is 11. The molecule has 4 heterocycles. The number of Topliss-reactive ketones (excluding diaryl/α,β-unsaturated/α-hetero) is 1. The van der Waals surface area contributed by atoms with Crippen molar-refractivity contribution in [3.8, 4) is 0 Å². The fraction of sp³-hybridized carbons (Fsp3) is 0.795. The lowest BCUT2D eigenvalue weighted by molar-refractivity contribution is -0.402. The maximum Gasteiger partial charge on any atom is 0.433 e. The summed E-state index contributed by atoms with van der Waals surface area (Å²) in [4.78, 5) is 54.1. The molecule has 1 aromatic rings. The highest BCUT2D eigenvalue weighted by molar-refractivity contribution is 5.87. The van der Waals surface area contributed by atoms with Gasteiger partial charge >= 0.3 is 17.8 Å². The zero-order valence-electron chi connectivity index (χ0n) is 38.8. The number of carbonyl (C=O) groups is 3. The highest BCUT2D eigenvalue weighted by Gasteiger charge is 2.54.